The standard InChI is InChI=1S/C20H22N6O4S/c1-4-25(16-7-5-6-15(3)12-16)20-18(26(27)28)19(21-13-22-20)23-24-31(29,30)17-10-8-14(2)9-11-17/h5-13,24H,4H2,1-3H3,(H,21,22,23). The number of anilines is 3. The Hall–Kier alpha value is -3.57. The van der Waals surface area contributed by atoms with E-state index in [2.05, 4.69) is 20.2 Å². The first-order valence-corrected chi connectivity index (χ1v) is 10.9. The first kappa shape index (κ1) is 22.1. The summed E-state index contributed by atoms with van der Waals surface area (Å²) >= 11 is 0. The van der Waals surface area contributed by atoms with Gasteiger partial charge in [0.05, 0.1) is 9.82 Å². The quantitative estimate of drug-likeness (QED) is 0.401. The van der Waals surface area contributed by atoms with Crippen molar-refractivity contribution in [3.63, 3.8) is 0 Å². The molecule has 11 heteroatoms. The van der Waals surface area contributed by atoms with Gasteiger partial charge < -0.3 is 4.90 Å². The van der Waals surface area contributed by atoms with Crippen LogP contribution in [0.4, 0.5) is 23.0 Å². The molecule has 10 nitrogen and oxygen atoms in total. The fourth-order valence-electron chi connectivity index (χ4n) is 2.97. The number of hydrazine groups is 1. The Morgan fingerprint density at radius 3 is 2.39 bits per heavy atom. The maximum atomic E-state index is 12.5. The molecule has 3 aromatic rings. The summed E-state index contributed by atoms with van der Waals surface area (Å²) < 4.78 is 25.1. The number of sulfonamides is 1. The summed E-state index contributed by atoms with van der Waals surface area (Å²) in [6.07, 6.45) is 1.14. The number of aryl methyl sites for hydroxylation is 2. The highest BCUT2D eigenvalue weighted by Crippen LogP contribution is 2.35. The summed E-state index contributed by atoms with van der Waals surface area (Å²) in [6.45, 7) is 5.98. The number of nitrogens with one attached hydrogen (secondary N) is 2. The van der Waals surface area contributed by atoms with E-state index >= 15 is 0 Å². The first-order valence-electron chi connectivity index (χ1n) is 9.41. The van der Waals surface area contributed by atoms with E-state index in [4.69, 9.17) is 0 Å². The topological polar surface area (TPSA) is 130 Å². The molecule has 0 aliphatic carbocycles. The molecule has 2 N–H and O–H groups in total. The highest BCUT2D eigenvalue weighted by atomic mass is 32.2. The van der Waals surface area contributed by atoms with Crippen LogP contribution in [0.15, 0.2) is 59.8 Å². The predicted octanol–water partition coefficient (Wildman–Crippen LogP) is 3.47. The molecule has 0 unspecified atom stereocenters. The molecular formula is C20H22N6O4S. The van der Waals surface area contributed by atoms with Gasteiger partial charge in [-0.15, -0.1) is 4.83 Å². The number of hydrogen-bond acceptors (Lipinski definition) is 8. The normalized spacial score (nSPS) is 11.2. The van der Waals surface area contributed by atoms with E-state index in [9.17, 15) is 18.5 Å². The van der Waals surface area contributed by atoms with Crippen LogP contribution in [-0.2, 0) is 10.0 Å². The average Bonchev–Trinajstić information content (AvgIpc) is 2.73. The van der Waals surface area contributed by atoms with E-state index in [0.29, 0.717) is 6.54 Å². The van der Waals surface area contributed by atoms with Gasteiger partial charge in [-0.25, -0.2) is 18.4 Å². The summed E-state index contributed by atoms with van der Waals surface area (Å²) in [6, 6.07) is 13.6. The summed E-state index contributed by atoms with van der Waals surface area (Å²) in [5.74, 6) is -0.220. The Bertz CT molecular complexity index is 1200. The number of hydrogen-bond donors (Lipinski definition) is 2. The number of rotatable bonds is 8. The van der Waals surface area contributed by atoms with E-state index in [1.165, 1.54) is 12.1 Å². The number of aromatic nitrogens is 2. The molecule has 0 aliphatic rings. The van der Waals surface area contributed by atoms with Gasteiger partial charge in [-0.1, -0.05) is 29.8 Å². The lowest BCUT2D eigenvalue weighted by Crippen LogP contribution is -2.31. The van der Waals surface area contributed by atoms with E-state index in [-0.39, 0.29) is 16.5 Å². The van der Waals surface area contributed by atoms with Crippen molar-refractivity contribution < 1.29 is 13.3 Å². The zero-order chi connectivity index (χ0) is 22.6. The second-order valence-electron chi connectivity index (χ2n) is 6.78. The lowest BCUT2D eigenvalue weighted by Gasteiger charge is -2.22. The third-order valence-corrected chi connectivity index (χ3v) is 5.77. The lowest BCUT2D eigenvalue weighted by atomic mass is 10.2. The van der Waals surface area contributed by atoms with Crippen molar-refractivity contribution in [1.29, 1.82) is 0 Å². The minimum atomic E-state index is -3.97. The average molecular weight is 443 g/mol. The Labute approximate surface area is 180 Å². The smallest absolute Gasteiger partial charge is 0.321 e. The van der Waals surface area contributed by atoms with Crippen molar-refractivity contribution in [3.05, 3.63) is 76.1 Å². The second-order valence-corrected chi connectivity index (χ2v) is 8.46. The molecule has 31 heavy (non-hydrogen) atoms. The molecule has 0 saturated carbocycles. The summed E-state index contributed by atoms with van der Waals surface area (Å²) in [4.78, 5) is 23.0. The Balaban J connectivity index is 1.97. The van der Waals surface area contributed by atoms with Crippen LogP contribution in [0.5, 0.6) is 0 Å². The summed E-state index contributed by atoms with van der Waals surface area (Å²) in [7, 11) is -3.97. The predicted molar refractivity (Wildman–Crippen MR) is 118 cm³/mol. The van der Waals surface area contributed by atoms with E-state index in [1.54, 1.807) is 17.0 Å². The number of nitrogens with zero attached hydrogens (tertiary/aromatic N) is 4. The molecule has 1 heterocycles. The van der Waals surface area contributed by atoms with Gasteiger partial charge in [0.15, 0.2) is 0 Å². The van der Waals surface area contributed by atoms with Gasteiger partial charge in [-0.05, 0) is 50.6 Å². The van der Waals surface area contributed by atoms with Crippen molar-refractivity contribution >= 4 is 33.0 Å². The van der Waals surface area contributed by atoms with Crippen LogP contribution in [0.1, 0.15) is 18.1 Å². The van der Waals surface area contributed by atoms with Gasteiger partial charge >= 0.3 is 5.69 Å². The van der Waals surface area contributed by atoms with Crippen LogP contribution in [0, 0.1) is 24.0 Å². The zero-order valence-electron chi connectivity index (χ0n) is 17.2. The van der Waals surface area contributed by atoms with Crippen molar-refractivity contribution in [3.8, 4) is 0 Å². The van der Waals surface area contributed by atoms with Crippen molar-refractivity contribution in [2.24, 2.45) is 0 Å². The molecule has 0 fully saturated rings. The van der Waals surface area contributed by atoms with Gasteiger partial charge in [0, 0.05) is 12.2 Å². The fourth-order valence-corrected chi connectivity index (χ4v) is 3.81. The summed E-state index contributed by atoms with van der Waals surface area (Å²) in [5.41, 5.74) is 4.53. The van der Waals surface area contributed by atoms with E-state index in [0.717, 1.165) is 23.1 Å². The minimum Gasteiger partial charge on any atom is -0.321 e. The first-order chi connectivity index (χ1) is 14.7. The van der Waals surface area contributed by atoms with Crippen LogP contribution in [0.25, 0.3) is 0 Å². The minimum absolute atomic E-state index is 0.0116. The van der Waals surface area contributed by atoms with Crippen LogP contribution >= 0.6 is 0 Å². The molecule has 0 radical (unpaired) electrons. The van der Waals surface area contributed by atoms with Crippen LogP contribution in [-0.4, -0.2) is 29.9 Å². The molecule has 0 saturated heterocycles. The molecular weight excluding hydrogens is 420 g/mol. The molecule has 1 aromatic heterocycles. The monoisotopic (exact) mass is 442 g/mol. The summed E-state index contributed by atoms with van der Waals surface area (Å²) in [5, 5.41) is 11.9. The van der Waals surface area contributed by atoms with E-state index < -0.39 is 20.6 Å². The Morgan fingerprint density at radius 2 is 1.77 bits per heavy atom. The van der Waals surface area contributed by atoms with Gasteiger partial charge in [0.25, 0.3) is 10.0 Å². The fraction of sp³-hybridized carbons (Fsp3) is 0.200. The van der Waals surface area contributed by atoms with Gasteiger partial charge in [-0.2, -0.15) is 0 Å². The maximum absolute atomic E-state index is 12.5. The molecule has 162 valence electrons. The molecule has 0 bridgehead atoms. The molecule has 0 amide bonds. The third-order valence-electron chi connectivity index (χ3n) is 4.51. The zero-order valence-corrected chi connectivity index (χ0v) is 18.0. The molecule has 0 aliphatic heterocycles. The number of nitro groups is 1. The van der Waals surface area contributed by atoms with Crippen molar-refractivity contribution in [2.45, 2.75) is 25.7 Å². The van der Waals surface area contributed by atoms with Gasteiger partial charge in [0.2, 0.25) is 11.6 Å². The van der Waals surface area contributed by atoms with E-state index in [1.807, 2.05) is 45.0 Å². The lowest BCUT2D eigenvalue weighted by molar-refractivity contribution is -0.383. The highest BCUT2D eigenvalue weighted by molar-refractivity contribution is 7.89. The molecule has 0 spiro atoms. The maximum Gasteiger partial charge on any atom is 0.355 e. The van der Waals surface area contributed by atoms with Crippen LogP contribution in [0.2, 0.25) is 0 Å². The largest absolute Gasteiger partial charge is 0.355 e. The third kappa shape index (κ3) is 4.95. The van der Waals surface area contributed by atoms with Gasteiger partial charge in [-0.3, -0.25) is 15.5 Å². The van der Waals surface area contributed by atoms with Crippen LogP contribution < -0.4 is 15.2 Å². The van der Waals surface area contributed by atoms with Crippen LogP contribution in [0.3, 0.4) is 0 Å². The van der Waals surface area contributed by atoms with Crippen molar-refractivity contribution in [1.82, 2.24) is 14.8 Å². The van der Waals surface area contributed by atoms with Gasteiger partial charge in [0.1, 0.15) is 6.33 Å². The van der Waals surface area contributed by atoms with Crippen molar-refractivity contribution in [2.75, 3.05) is 16.9 Å². The molecule has 2 aromatic carbocycles. The molecule has 0 atom stereocenters. The SMILES string of the molecule is CCN(c1cccc(C)c1)c1ncnc(NNS(=O)(=O)c2ccc(C)cc2)c1[N+](=O)[O-]. The highest BCUT2D eigenvalue weighted by Gasteiger charge is 2.28. The molecule has 3 rings (SSSR count). The second kappa shape index (κ2) is 9.06. The number of benzene rings is 2. The Kier molecular flexibility index (Phi) is 6.47. The Morgan fingerprint density at radius 1 is 1.06 bits per heavy atom.